The number of hydrogen-bond donors (Lipinski definition) is 1. The summed E-state index contributed by atoms with van der Waals surface area (Å²) < 4.78 is 0. The lowest BCUT2D eigenvalue weighted by Crippen LogP contribution is -2.35. The lowest BCUT2D eigenvalue weighted by atomic mass is 10.0. The molecule has 0 bridgehead atoms. The molecule has 2 aliphatic heterocycles. The molecule has 2 aromatic rings. The molecule has 25 heavy (non-hydrogen) atoms. The molecule has 0 fully saturated rings. The Hall–Kier alpha value is -2.62. The van der Waals surface area contributed by atoms with E-state index in [1.165, 1.54) is 11.1 Å². The molecular weight excluding hydrogens is 312 g/mol. The minimum atomic E-state index is 0.0593. The van der Waals surface area contributed by atoms with E-state index in [-0.39, 0.29) is 17.9 Å². The maximum Gasteiger partial charge on any atom is 0.228 e. The van der Waals surface area contributed by atoms with Crippen LogP contribution in [0, 0.1) is 0 Å². The van der Waals surface area contributed by atoms with Gasteiger partial charge in [-0.05, 0) is 55.0 Å². The van der Waals surface area contributed by atoms with E-state index < -0.39 is 0 Å². The number of carbonyl (C=O) groups is 2. The first-order valence-electron chi connectivity index (χ1n) is 8.93. The van der Waals surface area contributed by atoms with Crippen LogP contribution in [0.25, 0.3) is 0 Å². The number of benzene rings is 2. The molecule has 128 valence electrons. The van der Waals surface area contributed by atoms with Gasteiger partial charge < -0.3 is 10.2 Å². The summed E-state index contributed by atoms with van der Waals surface area (Å²) in [7, 11) is 0. The fourth-order valence-corrected chi connectivity index (χ4v) is 3.95. The van der Waals surface area contributed by atoms with E-state index in [1.54, 1.807) is 0 Å². The van der Waals surface area contributed by atoms with Gasteiger partial charge in [-0.3, -0.25) is 9.59 Å². The second-order valence-corrected chi connectivity index (χ2v) is 7.02. The van der Waals surface area contributed by atoms with Crippen molar-refractivity contribution < 1.29 is 9.59 Å². The molecule has 1 N–H and O–H groups in total. The van der Waals surface area contributed by atoms with Crippen LogP contribution in [0.15, 0.2) is 42.5 Å². The molecule has 2 aliphatic rings. The molecule has 4 heteroatoms. The van der Waals surface area contributed by atoms with Crippen LogP contribution in [0.2, 0.25) is 0 Å². The van der Waals surface area contributed by atoms with Crippen molar-refractivity contribution in [2.45, 2.75) is 45.1 Å². The number of para-hydroxylation sites is 1. The Labute approximate surface area is 147 Å². The number of anilines is 2. The van der Waals surface area contributed by atoms with Gasteiger partial charge in [-0.25, -0.2) is 0 Å². The first-order chi connectivity index (χ1) is 12.1. The summed E-state index contributed by atoms with van der Waals surface area (Å²) in [5.41, 5.74) is 5.52. The Morgan fingerprint density at radius 3 is 2.92 bits per heavy atom. The van der Waals surface area contributed by atoms with E-state index in [1.807, 2.05) is 35.2 Å². The highest BCUT2D eigenvalue weighted by Gasteiger charge is 2.29. The number of aryl methyl sites for hydroxylation is 1. The number of carbonyl (C=O) groups excluding carboxylic acids is 2. The van der Waals surface area contributed by atoms with E-state index >= 15 is 0 Å². The Kier molecular flexibility index (Phi) is 4.04. The number of nitrogens with one attached hydrogen (secondary N) is 1. The first kappa shape index (κ1) is 15.9. The van der Waals surface area contributed by atoms with E-state index in [0.717, 1.165) is 36.2 Å². The molecule has 0 saturated heterocycles. The third-order valence-corrected chi connectivity index (χ3v) is 5.13. The highest BCUT2D eigenvalue weighted by Crippen LogP contribution is 2.32. The molecule has 2 heterocycles. The van der Waals surface area contributed by atoms with Gasteiger partial charge in [-0.2, -0.15) is 0 Å². The first-order valence-corrected chi connectivity index (χ1v) is 8.93. The summed E-state index contributed by atoms with van der Waals surface area (Å²) in [6.45, 7) is 2.11. The summed E-state index contributed by atoms with van der Waals surface area (Å²) in [4.78, 5) is 26.1. The van der Waals surface area contributed by atoms with Crippen molar-refractivity contribution in [3.63, 3.8) is 0 Å². The third kappa shape index (κ3) is 3.04. The topological polar surface area (TPSA) is 49.4 Å². The van der Waals surface area contributed by atoms with Crippen LogP contribution in [-0.4, -0.2) is 17.9 Å². The van der Waals surface area contributed by atoms with Crippen LogP contribution in [0.1, 0.15) is 36.5 Å². The van der Waals surface area contributed by atoms with Gasteiger partial charge in [0.05, 0.1) is 6.42 Å². The summed E-state index contributed by atoms with van der Waals surface area (Å²) in [5.74, 6) is 0.263. The molecule has 2 aromatic carbocycles. The van der Waals surface area contributed by atoms with Gasteiger partial charge in [0.15, 0.2) is 0 Å². The van der Waals surface area contributed by atoms with Crippen LogP contribution >= 0.6 is 0 Å². The Bertz CT molecular complexity index is 844. The van der Waals surface area contributed by atoms with Gasteiger partial charge in [0.25, 0.3) is 0 Å². The van der Waals surface area contributed by atoms with Crippen molar-refractivity contribution in [3.8, 4) is 0 Å². The van der Waals surface area contributed by atoms with Gasteiger partial charge in [0.1, 0.15) is 0 Å². The molecule has 4 nitrogen and oxygen atoms in total. The molecule has 0 unspecified atom stereocenters. The predicted molar refractivity (Wildman–Crippen MR) is 98.8 cm³/mol. The van der Waals surface area contributed by atoms with Crippen LogP contribution in [-0.2, 0) is 28.9 Å². The predicted octanol–water partition coefficient (Wildman–Crippen LogP) is 3.48. The van der Waals surface area contributed by atoms with Crippen molar-refractivity contribution in [1.29, 1.82) is 0 Å². The standard InChI is InChI=1S/C21H22N2O2/c1-14-11-16-6-2-3-7-19(16)23(14)21(25)8-4-5-15-9-10-18-17(12-15)13-20(24)22-18/h2-3,6-7,9-10,12,14H,4-5,8,11,13H2,1H3,(H,22,24)/t14-/m1/s1. The average Bonchev–Trinajstić information content (AvgIpc) is 3.12. The van der Waals surface area contributed by atoms with Crippen LogP contribution in [0.5, 0.6) is 0 Å². The van der Waals surface area contributed by atoms with Gasteiger partial charge in [-0.1, -0.05) is 30.3 Å². The fourth-order valence-electron chi connectivity index (χ4n) is 3.95. The molecule has 4 rings (SSSR count). The number of hydrogen-bond acceptors (Lipinski definition) is 2. The minimum absolute atomic E-state index is 0.0593. The fraction of sp³-hybridized carbons (Fsp3) is 0.333. The number of rotatable bonds is 4. The highest BCUT2D eigenvalue weighted by atomic mass is 16.2. The summed E-state index contributed by atoms with van der Waals surface area (Å²) in [6, 6.07) is 14.5. The summed E-state index contributed by atoms with van der Waals surface area (Å²) in [5, 5.41) is 2.85. The molecule has 0 aromatic heterocycles. The second-order valence-electron chi connectivity index (χ2n) is 7.02. The van der Waals surface area contributed by atoms with Crippen molar-refractivity contribution in [2.75, 3.05) is 10.2 Å². The highest BCUT2D eigenvalue weighted by molar-refractivity contribution is 5.99. The number of fused-ring (bicyclic) bond motifs is 2. The molecule has 0 spiro atoms. The van der Waals surface area contributed by atoms with E-state index in [0.29, 0.717) is 12.8 Å². The third-order valence-electron chi connectivity index (χ3n) is 5.13. The normalized spacial score (nSPS) is 18.0. The van der Waals surface area contributed by atoms with E-state index in [9.17, 15) is 9.59 Å². The van der Waals surface area contributed by atoms with Gasteiger partial charge in [-0.15, -0.1) is 0 Å². The van der Waals surface area contributed by atoms with Crippen LogP contribution in [0.3, 0.4) is 0 Å². The van der Waals surface area contributed by atoms with Crippen molar-refractivity contribution in [2.24, 2.45) is 0 Å². The zero-order chi connectivity index (χ0) is 17.4. The largest absolute Gasteiger partial charge is 0.326 e. The van der Waals surface area contributed by atoms with Gasteiger partial charge >= 0.3 is 0 Å². The Balaban J connectivity index is 1.37. The lowest BCUT2D eigenvalue weighted by Gasteiger charge is -2.22. The maximum absolute atomic E-state index is 12.7. The van der Waals surface area contributed by atoms with Crippen LogP contribution in [0.4, 0.5) is 11.4 Å². The smallest absolute Gasteiger partial charge is 0.228 e. The van der Waals surface area contributed by atoms with Gasteiger partial charge in [0.2, 0.25) is 11.8 Å². The van der Waals surface area contributed by atoms with E-state index in [4.69, 9.17) is 0 Å². The van der Waals surface area contributed by atoms with Crippen molar-refractivity contribution >= 4 is 23.2 Å². The van der Waals surface area contributed by atoms with Gasteiger partial charge in [0, 0.05) is 23.8 Å². The molecule has 0 aliphatic carbocycles. The van der Waals surface area contributed by atoms with Crippen molar-refractivity contribution in [3.05, 3.63) is 59.2 Å². The summed E-state index contributed by atoms with van der Waals surface area (Å²) in [6.07, 6.45) is 3.63. The quantitative estimate of drug-likeness (QED) is 0.930. The summed E-state index contributed by atoms with van der Waals surface area (Å²) >= 11 is 0. The van der Waals surface area contributed by atoms with E-state index in [2.05, 4.69) is 24.4 Å². The Morgan fingerprint density at radius 1 is 1.20 bits per heavy atom. The average molecular weight is 334 g/mol. The molecular formula is C21H22N2O2. The lowest BCUT2D eigenvalue weighted by molar-refractivity contribution is -0.119. The number of amides is 2. The molecule has 0 saturated carbocycles. The van der Waals surface area contributed by atoms with Crippen molar-refractivity contribution in [1.82, 2.24) is 0 Å². The molecule has 0 radical (unpaired) electrons. The SMILES string of the molecule is C[C@@H]1Cc2ccccc2N1C(=O)CCCc1ccc2c(c1)CC(=O)N2. The minimum Gasteiger partial charge on any atom is -0.326 e. The zero-order valence-corrected chi connectivity index (χ0v) is 14.4. The zero-order valence-electron chi connectivity index (χ0n) is 14.4. The Morgan fingerprint density at radius 2 is 2.04 bits per heavy atom. The molecule has 2 amide bonds. The molecule has 1 atom stereocenters. The monoisotopic (exact) mass is 334 g/mol. The van der Waals surface area contributed by atoms with Crippen LogP contribution < -0.4 is 10.2 Å². The maximum atomic E-state index is 12.7. The second kappa shape index (κ2) is 6.36. The number of nitrogens with zero attached hydrogens (tertiary/aromatic N) is 1.